The molecule has 1 unspecified atom stereocenters. The first-order valence-corrected chi connectivity index (χ1v) is 6.86. The Balaban J connectivity index is 6.82. The molecule has 0 aliphatic heterocycles. The summed E-state index contributed by atoms with van der Waals surface area (Å²) >= 11 is -1.35. The normalized spacial score (nSPS) is 18.6. The second-order valence-corrected chi connectivity index (χ2v) is 6.50. The van der Waals surface area contributed by atoms with Gasteiger partial charge in [-0.15, -0.1) is 0 Å². The van der Waals surface area contributed by atoms with Gasteiger partial charge >= 0.3 is 51.6 Å². The van der Waals surface area contributed by atoms with Gasteiger partial charge in [0, 0.05) is 0 Å². The van der Waals surface area contributed by atoms with Crippen LogP contribution in [0, 0.1) is 0 Å². The fourth-order valence-corrected chi connectivity index (χ4v) is 1.68. The van der Waals surface area contributed by atoms with Crippen LogP contribution in [0.25, 0.3) is 0 Å². The molecule has 0 N–H and O–H groups in total. The summed E-state index contributed by atoms with van der Waals surface area (Å²) in [6.07, 6.45) is -15.1. The van der Waals surface area contributed by atoms with Crippen molar-refractivity contribution in [2.24, 2.45) is 0 Å². The van der Waals surface area contributed by atoms with Crippen LogP contribution in [0.2, 0.25) is 0 Å². The second kappa shape index (κ2) is 6.70. The molecule has 0 aliphatic rings. The van der Waals surface area contributed by atoms with Crippen molar-refractivity contribution < 1.29 is 83.4 Å². The van der Waals surface area contributed by atoms with Gasteiger partial charge in [0.05, 0.1) is 0 Å². The summed E-state index contributed by atoms with van der Waals surface area (Å²) in [5.74, 6) is -51.1. The van der Waals surface area contributed by atoms with Gasteiger partial charge < -0.3 is 0 Å². The minimum atomic E-state index is -8.79. The smallest absolute Gasteiger partial charge is 0.215 e. The first-order chi connectivity index (χ1) is 12.0. The van der Waals surface area contributed by atoms with Gasteiger partial charge in [0.1, 0.15) is 0 Å². The number of hydrogen-bond donors (Lipinski definition) is 0. The predicted octanol–water partition coefficient (Wildman–Crippen LogP) is 7.02. The number of hydrogen-bond acceptors (Lipinski definition) is 0. The maximum absolute atomic E-state index is 13.1. The van der Waals surface area contributed by atoms with Crippen molar-refractivity contribution in [2.45, 2.75) is 51.6 Å². The lowest BCUT2D eigenvalue weighted by Crippen LogP contribution is -2.75. The SMILES string of the molecule is FC(F)(F)C(F)(F)C(F)(F)C(F)(F)C(F)(F)C(F)(F)C(F)(F)C(F)(I)C(F)(F)F. The minimum absolute atomic E-state index is 1.35. The Morgan fingerprint density at radius 1 is 0.276 bits per heavy atom. The van der Waals surface area contributed by atoms with E-state index in [0.717, 1.165) is 0 Å². The van der Waals surface area contributed by atoms with E-state index in [1.165, 1.54) is 0 Å². The van der Waals surface area contributed by atoms with Crippen molar-refractivity contribution in [3.8, 4) is 0 Å². The average molecular weight is 596 g/mol. The third kappa shape index (κ3) is 3.47. The van der Waals surface area contributed by atoms with E-state index in [1.807, 2.05) is 0 Å². The van der Waals surface area contributed by atoms with E-state index >= 15 is 0 Å². The number of alkyl halides is 20. The van der Waals surface area contributed by atoms with Crippen molar-refractivity contribution in [1.29, 1.82) is 0 Å². The lowest BCUT2D eigenvalue weighted by atomic mass is 9.89. The average Bonchev–Trinajstić information content (AvgIpc) is 2.43. The van der Waals surface area contributed by atoms with Crippen LogP contribution in [-0.2, 0) is 0 Å². The molecule has 29 heavy (non-hydrogen) atoms. The third-order valence-electron chi connectivity index (χ3n) is 3.08. The van der Waals surface area contributed by atoms with Gasteiger partial charge in [0.15, 0.2) is 0 Å². The molecule has 0 aliphatic carbocycles. The lowest BCUT2D eigenvalue weighted by molar-refractivity contribution is -0.459. The fourth-order valence-electron chi connectivity index (χ4n) is 1.34. The maximum atomic E-state index is 13.1. The van der Waals surface area contributed by atoms with E-state index < -0.39 is 74.2 Å². The molecule has 0 heterocycles. The van der Waals surface area contributed by atoms with Gasteiger partial charge in [-0.25, -0.2) is 4.39 Å². The molecule has 0 saturated carbocycles. The summed E-state index contributed by atoms with van der Waals surface area (Å²) in [6, 6.07) is 0. The molecule has 20 heteroatoms. The Morgan fingerprint density at radius 3 is 0.690 bits per heavy atom. The molecule has 0 rings (SSSR count). The zero-order valence-electron chi connectivity index (χ0n) is 12.1. The summed E-state index contributed by atoms with van der Waals surface area (Å²) in [4.78, 5) is 0. The fraction of sp³-hybridized carbons (Fsp3) is 1.00. The summed E-state index contributed by atoms with van der Waals surface area (Å²) in [5, 5.41) is 0. The largest absolute Gasteiger partial charge is 0.460 e. The topological polar surface area (TPSA) is 0 Å². The summed E-state index contributed by atoms with van der Waals surface area (Å²) < 4.78 is 233. The first kappa shape index (κ1) is 28.4. The minimum Gasteiger partial charge on any atom is -0.215 e. The van der Waals surface area contributed by atoms with E-state index in [2.05, 4.69) is 0 Å². The number of rotatable bonds is 6. The Bertz CT molecular complexity index is 554. The van der Waals surface area contributed by atoms with Gasteiger partial charge in [-0.05, 0) is 22.6 Å². The van der Waals surface area contributed by atoms with Gasteiger partial charge in [-0.2, -0.15) is 79.0 Å². The molecule has 1 atom stereocenters. The molecule has 0 aromatic carbocycles. The molecule has 0 aromatic heterocycles. The van der Waals surface area contributed by atoms with E-state index in [1.54, 1.807) is 0 Å². The zero-order chi connectivity index (χ0) is 24.5. The Morgan fingerprint density at radius 2 is 0.483 bits per heavy atom. The molecular formula is C9F19I. The van der Waals surface area contributed by atoms with Crippen LogP contribution < -0.4 is 0 Å². The van der Waals surface area contributed by atoms with E-state index in [9.17, 15) is 83.4 Å². The molecule has 0 nitrogen and oxygen atoms in total. The Hall–Kier alpha value is -0.600. The van der Waals surface area contributed by atoms with E-state index in [4.69, 9.17) is 0 Å². The highest BCUT2D eigenvalue weighted by molar-refractivity contribution is 14.1. The Kier molecular flexibility index (Phi) is 6.56. The van der Waals surface area contributed by atoms with Crippen LogP contribution in [0.3, 0.4) is 0 Å². The standard InChI is InChI=1S/C9F19I/c10-1(11,2(12,13)4(16,17)6(20,21)8(23,24)25)3(14,15)5(18,19)7(22,29)9(26,27)28. The van der Waals surface area contributed by atoms with E-state index in [-0.39, 0.29) is 0 Å². The maximum Gasteiger partial charge on any atom is 0.460 e. The highest BCUT2D eigenvalue weighted by atomic mass is 127. The molecule has 176 valence electrons. The summed E-state index contributed by atoms with van der Waals surface area (Å²) in [7, 11) is 0. The van der Waals surface area contributed by atoms with Crippen molar-refractivity contribution in [2.75, 3.05) is 0 Å². The lowest BCUT2D eigenvalue weighted by Gasteiger charge is -2.43. The second-order valence-electron chi connectivity index (χ2n) is 5.02. The highest BCUT2D eigenvalue weighted by Crippen LogP contribution is 2.66. The van der Waals surface area contributed by atoms with Gasteiger partial charge in [0.2, 0.25) is 0 Å². The van der Waals surface area contributed by atoms with Crippen molar-refractivity contribution in [1.82, 2.24) is 0 Å². The monoisotopic (exact) mass is 596 g/mol. The zero-order valence-corrected chi connectivity index (χ0v) is 14.2. The summed E-state index contributed by atoms with van der Waals surface area (Å²) in [5.41, 5.74) is 0. The molecule has 0 saturated heterocycles. The van der Waals surface area contributed by atoms with Crippen molar-refractivity contribution in [3.05, 3.63) is 0 Å². The van der Waals surface area contributed by atoms with Crippen LogP contribution in [0.15, 0.2) is 0 Å². The van der Waals surface area contributed by atoms with Gasteiger partial charge in [-0.3, -0.25) is 0 Å². The number of halogens is 20. The third-order valence-corrected chi connectivity index (χ3v) is 4.37. The first-order valence-electron chi connectivity index (χ1n) is 5.78. The molecule has 0 amide bonds. The van der Waals surface area contributed by atoms with Gasteiger partial charge in [-0.1, -0.05) is 0 Å². The molecule has 0 aromatic rings. The van der Waals surface area contributed by atoms with Crippen LogP contribution in [0.4, 0.5) is 83.4 Å². The van der Waals surface area contributed by atoms with E-state index in [0.29, 0.717) is 0 Å². The van der Waals surface area contributed by atoms with Crippen molar-refractivity contribution >= 4 is 22.6 Å². The predicted molar refractivity (Wildman–Crippen MR) is 59.7 cm³/mol. The quantitative estimate of drug-likeness (QED) is 0.176. The molecule has 0 fully saturated rings. The summed E-state index contributed by atoms with van der Waals surface area (Å²) in [6.45, 7) is 0. The van der Waals surface area contributed by atoms with Crippen LogP contribution in [-0.4, -0.2) is 51.6 Å². The van der Waals surface area contributed by atoms with Crippen LogP contribution >= 0.6 is 22.6 Å². The van der Waals surface area contributed by atoms with Crippen molar-refractivity contribution in [3.63, 3.8) is 0 Å². The molecule has 0 bridgehead atoms. The van der Waals surface area contributed by atoms with Crippen LogP contribution in [0.5, 0.6) is 0 Å². The molecule has 0 radical (unpaired) electrons. The van der Waals surface area contributed by atoms with Crippen LogP contribution in [0.1, 0.15) is 0 Å². The molecular weight excluding hydrogens is 596 g/mol. The van der Waals surface area contributed by atoms with Gasteiger partial charge in [0.25, 0.3) is 0 Å². The Labute approximate surface area is 158 Å². The molecule has 0 spiro atoms. The highest BCUT2D eigenvalue weighted by Gasteiger charge is 2.96.